The zero-order valence-corrected chi connectivity index (χ0v) is 15.5. The van der Waals surface area contributed by atoms with Crippen LogP contribution < -0.4 is 5.32 Å². The number of unbranched alkanes of at least 4 members (excludes halogenated alkanes) is 5. The second kappa shape index (κ2) is 11.3. The molecule has 0 saturated heterocycles. The van der Waals surface area contributed by atoms with E-state index < -0.39 is 6.09 Å². The van der Waals surface area contributed by atoms with E-state index >= 15 is 0 Å². The first-order valence-electron chi connectivity index (χ1n) is 9.53. The van der Waals surface area contributed by atoms with Gasteiger partial charge in [-0.05, 0) is 24.0 Å². The van der Waals surface area contributed by atoms with Crippen molar-refractivity contribution in [1.82, 2.24) is 15.5 Å². The van der Waals surface area contributed by atoms with Crippen LogP contribution in [-0.2, 0) is 25.8 Å². The van der Waals surface area contributed by atoms with Gasteiger partial charge in [-0.15, -0.1) is 0 Å². The number of rotatable bonds is 12. The fourth-order valence-electron chi connectivity index (χ4n) is 2.81. The van der Waals surface area contributed by atoms with Crippen LogP contribution in [0.1, 0.15) is 68.3 Å². The van der Waals surface area contributed by atoms with Crippen molar-refractivity contribution in [3.8, 4) is 0 Å². The molecule has 0 radical (unpaired) electrons. The molecule has 142 valence electrons. The Kier molecular flexibility index (Phi) is 8.66. The van der Waals surface area contributed by atoms with Gasteiger partial charge in [-0.1, -0.05) is 68.4 Å². The third-order valence-corrected chi connectivity index (χ3v) is 4.36. The smallest absolute Gasteiger partial charge is 0.404 e. The van der Waals surface area contributed by atoms with Gasteiger partial charge in [0.25, 0.3) is 0 Å². The molecule has 6 nitrogen and oxygen atoms in total. The standard InChI is InChI=1S/C20H29N3O3/c1-2-3-4-5-6-7-8-18-22-19(26-23-18)14-13-16-9-11-17(12-10-16)15-21-20(24)25/h9-12,21H,2-8,13-15H2,1H3,(H,24,25). The first-order chi connectivity index (χ1) is 12.7. The first-order valence-corrected chi connectivity index (χ1v) is 9.53. The van der Waals surface area contributed by atoms with E-state index in [1.165, 1.54) is 37.7 Å². The van der Waals surface area contributed by atoms with E-state index in [-0.39, 0.29) is 0 Å². The van der Waals surface area contributed by atoms with Gasteiger partial charge in [-0.3, -0.25) is 0 Å². The topological polar surface area (TPSA) is 88.2 Å². The van der Waals surface area contributed by atoms with Crippen LogP contribution in [0.2, 0.25) is 0 Å². The fourth-order valence-corrected chi connectivity index (χ4v) is 2.81. The van der Waals surface area contributed by atoms with Gasteiger partial charge in [-0.2, -0.15) is 4.98 Å². The lowest BCUT2D eigenvalue weighted by molar-refractivity contribution is 0.194. The number of hydrogen-bond acceptors (Lipinski definition) is 4. The van der Waals surface area contributed by atoms with Crippen LogP contribution in [0.5, 0.6) is 0 Å². The van der Waals surface area contributed by atoms with Gasteiger partial charge < -0.3 is 14.9 Å². The molecule has 0 spiro atoms. The van der Waals surface area contributed by atoms with Crippen molar-refractivity contribution in [3.63, 3.8) is 0 Å². The average molecular weight is 359 g/mol. The molecule has 1 amide bonds. The molecule has 0 unspecified atom stereocenters. The quantitative estimate of drug-likeness (QED) is 0.544. The number of carbonyl (C=O) groups is 1. The Morgan fingerprint density at radius 3 is 2.42 bits per heavy atom. The molecule has 0 aliphatic heterocycles. The van der Waals surface area contributed by atoms with Crippen LogP contribution in [0.4, 0.5) is 4.79 Å². The van der Waals surface area contributed by atoms with Gasteiger partial charge in [0.15, 0.2) is 5.82 Å². The minimum atomic E-state index is -1.01. The number of aryl methyl sites for hydroxylation is 3. The van der Waals surface area contributed by atoms with Crippen LogP contribution >= 0.6 is 0 Å². The number of benzene rings is 1. The molecule has 1 heterocycles. The Balaban J connectivity index is 1.68. The van der Waals surface area contributed by atoms with Crippen LogP contribution in [0.25, 0.3) is 0 Å². The number of nitrogens with one attached hydrogen (secondary N) is 1. The number of hydrogen-bond donors (Lipinski definition) is 2. The van der Waals surface area contributed by atoms with Crippen molar-refractivity contribution in [2.45, 2.75) is 71.3 Å². The summed E-state index contributed by atoms with van der Waals surface area (Å²) in [6.45, 7) is 2.55. The predicted octanol–water partition coefficient (Wildman–Crippen LogP) is 4.53. The summed E-state index contributed by atoms with van der Waals surface area (Å²) in [5, 5.41) is 15.0. The summed E-state index contributed by atoms with van der Waals surface area (Å²) in [5.41, 5.74) is 2.11. The molecule has 2 N–H and O–H groups in total. The Bertz CT molecular complexity index is 653. The van der Waals surface area contributed by atoms with Crippen LogP contribution in [-0.4, -0.2) is 21.3 Å². The minimum absolute atomic E-state index is 0.321. The van der Waals surface area contributed by atoms with Gasteiger partial charge in [0.1, 0.15) is 0 Å². The summed E-state index contributed by atoms with van der Waals surface area (Å²) in [7, 11) is 0. The third-order valence-electron chi connectivity index (χ3n) is 4.36. The highest BCUT2D eigenvalue weighted by atomic mass is 16.5. The molecule has 6 heteroatoms. The van der Waals surface area contributed by atoms with Gasteiger partial charge in [0.2, 0.25) is 5.89 Å². The molecule has 1 aromatic carbocycles. The molecule has 0 bridgehead atoms. The van der Waals surface area contributed by atoms with Gasteiger partial charge >= 0.3 is 6.09 Å². The van der Waals surface area contributed by atoms with Crippen molar-refractivity contribution in [2.24, 2.45) is 0 Å². The predicted molar refractivity (Wildman–Crippen MR) is 100 cm³/mol. The highest BCUT2D eigenvalue weighted by Crippen LogP contribution is 2.11. The maximum absolute atomic E-state index is 10.5. The fraction of sp³-hybridized carbons (Fsp3) is 0.550. The van der Waals surface area contributed by atoms with E-state index in [4.69, 9.17) is 9.63 Å². The monoisotopic (exact) mass is 359 g/mol. The number of carboxylic acid groups (broad SMARTS) is 1. The van der Waals surface area contributed by atoms with E-state index in [2.05, 4.69) is 22.4 Å². The summed E-state index contributed by atoms with van der Waals surface area (Å²) in [5.74, 6) is 1.49. The first kappa shape index (κ1) is 19.9. The molecule has 2 rings (SSSR count). The highest BCUT2D eigenvalue weighted by molar-refractivity contribution is 5.64. The largest absolute Gasteiger partial charge is 0.465 e. The molecule has 2 aromatic rings. The molecule has 0 fully saturated rings. The van der Waals surface area contributed by atoms with Gasteiger partial charge in [-0.25, -0.2) is 4.79 Å². The zero-order valence-electron chi connectivity index (χ0n) is 15.5. The Morgan fingerprint density at radius 1 is 1.00 bits per heavy atom. The summed E-state index contributed by atoms with van der Waals surface area (Å²) in [6, 6.07) is 7.88. The van der Waals surface area contributed by atoms with Crippen molar-refractivity contribution in [3.05, 3.63) is 47.1 Å². The lowest BCUT2D eigenvalue weighted by Crippen LogP contribution is -2.19. The van der Waals surface area contributed by atoms with Gasteiger partial charge in [0, 0.05) is 19.4 Å². The van der Waals surface area contributed by atoms with E-state index in [1.807, 2.05) is 24.3 Å². The molecular formula is C20H29N3O3. The number of nitrogens with zero attached hydrogens (tertiary/aromatic N) is 2. The Morgan fingerprint density at radius 2 is 1.69 bits per heavy atom. The van der Waals surface area contributed by atoms with E-state index in [9.17, 15) is 4.79 Å². The normalized spacial score (nSPS) is 10.8. The summed E-state index contributed by atoms with van der Waals surface area (Å²) < 4.78 is 5.33. The van der Waals surface area contributed by atoms with Crippen LogP contribution in [0.15, 0.2) is 28.8 Å². The summed E-state index contributed by atoms with van der Waals surface area (Å²) in [6.07, 6.45) is 8.97. The summed E-state index contributed by atoms with van der Waals surface area (Å²) >= 11 is 0. The molecule has 0 saturated carbocycles. The lowest BCUT2D eigenvalue weighted by Gasteiger charge is -2.03. The molecule has 1 aromatic heterocycles. The van der Waals surface area contributed by atoms with Crippen molar-refractivity contribution >= 4 is 6.09 Å². The summed E-state index contributed by atoms with van der Waals surface area (Å²) in [4.78, 5) is 15.0. The second-order valence-corrected chi connectivity index (χ2v) is 6.60. The van der Waals surface area contributed by atoms with Crippen molar-refractivity contribution in [1.29, 1.82) is 0 Å². The zero-order chi connectivity index (χ0) is 18.6. The average Bonchev–Trinajstić information content (AvgIpc) is 3.10. The maximum atomic E-state index is 10.5. The highest BCUT2D eigenvalue weighted by Gasteiger charge is 2.07. The Hall–Kier alpha value is -2.37. The van der Waals surface area contributed by atoms with Crippen LogP contribution in [0.3, 0.4) is 0 Å². The van der Waals surface area contributed by atoms with Crippen LogP contribution in [0, 0.1) is 0 Å². The second-order valence-electron chi connectivity index (χ2n) is 6.60. The molecule has 26 heavy (non-hydrogen) atoms. The van der Waals surface area contributed by atoms with Crippen molar-refractivity contribution in [2.75, 3.05) is 0 Å². The molecule has 0 atom stereocenters. The van der Waals surface area contributed by atoms with E-state index in [1.54, 1.807) is 0 Å². The van der Waals surface area contributed by atoms with E-state index in [0.717, 1.165) is 37.1 Å². The molecule has 0 aliphatic carbocycles. The minimum Gasteiger partial charge on any atom is -0.465 e. The SMILES string of the molecule is CCCCCCCCc1noc(CCc2ccc(CNC(=O)O)cc2)n1. The van der Waals surface area contributed by atoms with E-state index in [0.29, 0.717) is 12.4 Å². The number of aromatic nitrogens is 2. The lowest BCUT2D eigenvalue weighted by atomic mass is 10.1. The number of amides is 1. The Labute approximate surface area is 155 Å². The van der Waals surface area contributed by atoms with Crippen molar-refractivity contribution < 1.29 is 14.4 Å². The molecule has 0 aliphatic rings. The molecular weight excluding hydrogens is 330 g/mol. The maximum Gasteiger partial charge on any atom is 0.404 e. The third kappa shape index (κ3) is 7.68. The van der Waals surface area contributed by atoms with Gasteiger partial charge in [0.05, 0.1) is 0 Å².